The van der Waals surface area contributed by atoms with E-state index in [1.165, 1.54) is 110 Å². The highest BCUT2D eigenvalue weighted by molar-refractivity contribution is 4.92. The summed E-state index contributed by atoms with van der Waals surface area (Å²) in [5.41, 5.74) is 0.814. The predicted molar refractivity (Wildman–Crippen MR) is 96.7 cm³/mol. The van der Waals surface area contributed by atoms with E-state index in [9.17, 15) is 0 Å². The van der Waals surface area contributed by atoms with Gasteiger partial charge in [0.05, 0.1) is 0 Å². The van der Waals surface area contributed by atoms with Gasteiger partial charge >= 0.3 is 0 Å². The monoisotopic (exact) mass is 319 g/mol. The fraction of sp³-hybridized carbons (Fsp3) is 1.00. The van der Waals surface area contributed by atoms with Crippen molar-refractivity contribution in [3.63, 3.8) is 0 Å². The number of likely N-dealkylation sites (tertiary alicyclic amines) is 2. The van der Waals surface area contributed by atoms with Gasteiger partial charge in [-0.2, -0.15) is 0 Å². The second-order valence-corrected chi connectivity index (χ2v) is 9.09. The lowest BCUT2D eigenvalue weighted by atomic mass is 9.63. The van der Waals surface area contributed by atoms with E-state index in [0.29, 0.717) is 0 Å². The van der Waals surface area contributed by atoms with Crippen LogP contribution in [0, 0.1) is 17.3 Å². The zero-order valence-electron chi connectivity index (χ0n) is 15.1. The van der Waals surface area contributed by atoms with Crippen molar-refractivity contribution in [3.05, 3.63) is 0 Å². The third-order valence-corrected chi connectivity index (χ3v) is 7.53. The van der Waals surface area contributed by atoms with E-state index in [-0.39, 0.29) is 0 Å². The van der Waals surface area contributed by atoms with Crippen LogP contribution in [-0.2, 0) is 0 Å². The fourth-order valence-corrected chi connectivity index (χ4v) is 5.53. The maximum atomic E-state index is 3.49. The van der Waals surface area contributed by atoms with Gasteiger partial charge in [-0.05, 0) is 108 Å². The Bertz CT molecular complexity index is 355. The zero-order chi connectivity index (χ0) is 15.5. The molecule has 4 aliphatic rings. The SMILES string of the molecule is C1CC2(C1)CCN(CC1CCN(CC3CCNCC3)CC1)CC2. The molecule has 1 N–H and O–H groups in total. The molecule has 23 heavy (non-hydrogen) atoms. The Morgan fingerprint density at radius 3 is 1.83 bits per heavy atom. The van der Waals surface area contributed by atoms with Gasteiger partial charge in [-0.25, -0.2) is 0 Å². The van der Waals surface area contributed by atoms with Gasteiger partial charge in [0.1, 0.15) is 0 Å². The Labute approximate surface area is 143 Å². The van der Waals surface area contributed by atoms with Crippen molar-refractivity contribution in [3.8, 4) is 0 Å². The predicted octanol–water partition coefficient (Wildman–Crippen LogP) is 2.96. The summed E-state index contributed by atoms with van der Waals surface area (Å²) in [6, 6.07) is 0. The molecule has 0 bridgehead atoms. The van der Waals surface area contributed by atoms with Crippen molar-refractivity contribution >= 4 is 0 Å². The lowest BCUT2D eigenvalue weighted by Gasteiger charge is -2.48. The highest BCUT2D eigenvalue weighted by Gasteiger charge is 2.39. The van der Waals surface area contributed by atoms with Crippen LogP contribution < -0.4 is 5.32 Å². The Kier molecular flexibility index (Phi) is 5.27. The van der Waals surface area contributed by atoms with Crippen LogP contribution in [0.2, 0.25) is 0 Å². The topological polar surface area (TPSA) is 18.5 Å². The van der Waals surface area contributed by atoms with Crippen molar-refractivity contribution in [2.75, 3.05) is 52.4 Å². The van der Waals surface area contributed by atoms with Gasteiger partial charge in [0.2, 0.25) is 0 Å². The van der Waals surface area contributed by atoms with E-state index < -0.39 is 0 Å². The summed E-state index contributed by atoms with van der Waals surface area (Å²) in [5, 5.41) is 3.49. The Hall–Kier alpha value is -0.120. The molecule has 0 aromatic rings. The summed E-state index contributed by atoms with van der Waals surface area (Å²) in [7, 11) is 0. The summed E-state index contributed by atoms with van der Waals surface area (Å²) in [5.74, 6) is 1.95. The number of nitrogens with zero attached hydrogens (tertiary/aromatic N) is 2. The van der Waals surface area contributed by atoms with Gasteiger partial charge < -0.3 is 15.1 Å². The normalized spacial score (nSPS) is 31.3. The summed E-state index contributed by atoms with van der Waals surface area (Å²) in [6.07, 6.45) is 13.3. The van der Waals surface area contributed by atoms with Crippen LogP contribution in [0.5, 0.6) is 0 Å². The molecule has 1 saturated carbocycles. The van der Waals surface area contributed by atoms with E-state index in [0.717, 1.165) is 17.3 Å². The molecule has 0 amide bonds. The standard InChI is InChI=1S/C20H37N3/c1-6-20(7-1)8-14-23(15-9-20)17-19-4-12-22(13-5-19)16-18-2-10-21-11-3-18/h18-19,21H,1-17H2. The average molecular weight is 320 g/mol. The quantitative estimate of drug-likeness (QED) is 0.859. The third-order valence-electron chi connectivity index (χ3n) is 7.53. The van der Waals surface area contributed by atoms with Crippen LogP contribution in [0.4, 0.5) is 0 Å². The smallest absolute Gasteiger partial charge is 0.00106 e. The van der Waals surface area contributed by atoms with Gasteiger partial charge in [-0.1, -0.05) is 6.42 Å². The molecule has 3 heteroatoms. The highest BCUT2D eigenvalue weighted by Crippen LogP contribution is 2.48. The first kappa shape index (κ1) is 16.4. The second-order valence-electron chi connectivity index (χ2n) is 9.09. The number of nitrogens with one attached hydrogen (secondary N) is 1. The largest absolute Gasteiger partial charge is 0.317 e. The summed E-state index contributed by atoms with van der Waals surface area (Å²) < 4.78 is 0. The molecule has 3 nitrogen and oxygen atoms in total. The minimum Gasteiger partial charge on any atom is -0.317 e. The van der Waals surface area contributed by atoms with E-state index >= 15 is 0 Å². The summed E-state index contributed by atoms with van der Waals surface area (Å²) in [6.45, 7) is 10.8. The van der Waals surface area contributed by atoms with Crippen LogP contribution in [0.1, 0.15) is 57.8 Å². The van der Waals surface area contributed by atoms with Crippen LogP contribution in [0.15, 0.2) is 0 Å². The van der Waals surface area contributed by atoms with Crippen LogP contribution >= 0.6 is 0 Å². The lowest BCUT2D eigenvalue weighted by molar-refractivity contribution is 0.0219. The summed E-state index contributed by atoms with van der Waals surface area (Å²) in [4.78, 5) is 5.57. The molecule has 1 spiro atoms. The molecule has 4 fully saturated rings. The Morgan fingerprint density at radius 2 is 1.26 bits per heavy atom. The van der Waals surface area contributed by atoms with E-state index in [1.54, 1.807) is 0 Å². The van der Waals surface area contributed by atoms with Gasteiger partial charge in [0, 0.05) is 13.1 Å². The van der Waals surface area contributed by atoms with Crippen molar-refractivity contribution < 1.29 is 0 Å². The third kappa shape index (κ3) is 4.11. The van der Waals surface area contributed by atoms with Gasteiger partial charge in [-0.15, -0.1) is 0 Å². The van der Waals surface area contributed by atoms with Crippen LogP contribution in [0.25, 0.3) is 0 Å². The summed E-state index contributed by atoms with van der Waals surface area (Å²) >= 11 is 0. The van der Waals surface area contributed by atoms with Crippen molar-refractivity contribution in [2.24, 2.45) is 17.3 Å². The maximum absolute atomic E-state index is 3.49. The molecule has 3 aliphatic heterocycles. The molecule has 132 valence electrons. The maximum Gasteiger partial charge on any atom is 0.00106 e. The Morgan fingerprint density at radius 1 is 0.696 bits per heavy atom. The van der Waals surface area contributed by atoms with Crippen LogP contribution in [0.3, 0.4) is 0 Å². The van der Waals surface area contributed by atoms with Crippen LogP contribution in [-0.4, -0.2) is 62.2 Å². The molecule has 3 saturated heterocycles. The number of piperidine rings is 3. The first-order valence-corrected chi connectivity index (χ1v) is 10.5. The Balaban J connectivity index is 1.14. The zero-order valence-corrected chi connectivity index (χ0v) is 15.1. The van der Waals surface area contributed by atoms with E-state index in [4.69, 9.17) is 0 Å². The molecule has 4 rings (SSSR count). The van der Waals surface area contributed by atoms with E-state index in [1.807, 2.05) is 0 Å². The molecule has 0 aromatic heterocycles. The minimum atomic E-state index is 0.814. The lowest BCUT2D eigenvalue weighted by Crippen LogP contribution is -2.46. The molecular weight excluding hydrogens is 282 g/mol. The average Bonchev–Trinajstić information content (AvgIpc) is 2.57. The molecule has 0 aromatic carbocycles. The number of hydrogen-bond donors (Lipinski definition) is 1. The van der Waals surface area contributed by atoms with Crippen molar-refractivity contribution in [1.82, 2.24) is 15.1 Å². The number of hydrogen-bond acceptors (Lipinski definition) is 3. The van der Waals surface area contributed by atoms with Gasteiger partial charge in [-0.3, -0.25) is 0 Å². The van der Waals surface area contributed by atoms with E-state index in [2.05, 4.69) is 15.1 Å². The minimum absolute atomic E-state index is 0.814. The molecule has 3 heterocycles. The highest BCUT2D eigenvalue weighted by atomic mass is 15.2. The molecule has 0 atom stereocenters. The molecule has 0 unspecified atom stereocenters. The molecular formula is C20H37N3. The molecule has 1 aliphatic carbocycles. The first-order chi connectivity index (χ1) is 11.3. The number of rotatable bonds is 4. The first-order valence-electron chi connectivity index (χ1n) is 10.5. The van der Waals surface area contributed by atoms with Gasteiger partial charge in [0.25, 0.3) is 0 Å². The second kappa shape index (κ2) is 7.41. The molecule has 0 radical (unpaired) electrons. The van der Waals surface area contributed by atoms with Crippen molar-refractivity contribution in [2.45, 2.75) is 57.8 Å². The van der Waals surface area contributed by atoms with Crippen molar-refractivity contribution in [1.29, 1.82) is 0 Å². The fourth-order valence-electron chi connectivity index (χ4n) is 5.53. The van der Waals surface area contributed by atoms with Gasteiger partial charge in [0.15, 0.2) is 0 Å².